The van der Waals surface area contributed by atoms with E-state index in [1.807, 2.05) is 58.2 Å². The van der Waals surface area contributed by atoms with Crippen LogP contribution in [-0.4, -0.2) is 71.2 Å². The molecule has 13 heteroatoms. The van der Waals surface area contributed by atoms with Crippen molar-refractivity contribution in [2.24, 2.45) is 21.1 Å². The summed E-state index contributed by atoms with van der Waals surface area (Å²) < 4.78 is 41.7. The Kier molecular flexibility index (Phi) is 7.71. The summed E-state index contributed by atoms with van der Waals surface area (Å²) in [6.45, 7) is 13.5. The summed E-state index contributed by atoms with van der Waals surface area (Å²) in [5, 5.41) is 4.20. The van der Waals surface area contributed by atoms with Gasteiger partial charge in [-0.3, -0.25) is 18.4 Å². The third-order valence-electron chi connectivity index (χ3n) is 8.60. The molecule has 250 valence electrons. The molecule has 1 aliphatic heterocycles. The van der Waals surface area contributed by atoms with Gasteiger partial charge in [0.15, 0.2) is 0 Å². The molecule has 5 aromatic rings. The number of carbonyl (C=O) groups excluding carboxylic acids is 1. The van der Waals surface area contributed by atoms with Crippen molar-refractivity contribution in [1.82, 2.24) is 33.4 Å². The Morgan fingerprint density at radius 2 is 1.60 bits per heavy atom. The predicted octanol–water partition coefficient (Wildman–Crippen LogP) is 5.91. The molecular weight excluding hydrogens is 606 g/mol. The average Bonchev–Trinajstić information content (AvgIpc) is 3.66. The van der Waals surface area contributed by atoms with Crippen LogP contribution in [0.3, 0.4) is 0 Å². The Morgan fingerprint density at radius 1 is 0.915 bits per heavy atom. The van der Waals surface area contributed by atoms with Gasteiger partial charge in [0.25, 0.3) is 6.43 Å². The van der Waals surface area contributed by atoms with Gasteiger partial charge >= 0.3 is 11.8 Å². The maximum Gasteiger partial charge on any atom is 0.410 e. The molecule has 11 nitrogen and oxygen atoms in total. The van der Waals surface area contributed by atoms with Crippen LogP contribution in [-0.2, 0) is 31.3 Å². The molecule has 6 rings (SSSR count). The van der Waals surface area contributed by atoms with E-state index < -0.39 is 17.4 Å². The van der Waals surface area contributed by atoms with Gasteiger partial charge in [-0.25, -0.2) is 23.4 Å². The number of aromatic nitrogens is 6. The van der Waals surface area contributed by atoms with Crippen molar-refractivity contribution in [2.75, 3.05) is 31.1 Å². The third-order valence-corrected chi connectivity index (χ3v) is 8.60. The van der Waals surface area contributed by atoms with Gasteiger partial charge in [0.1, 0.15) is 11.4 Å². The Bertz CT molecular complexity index is 2070. The molecule has 0 bridgehead atoms. The van der Waals surface area contributed by atoms with Gasteiger partial charge < -0.3 is 14.5 Å². The number of carbonyl (C=O) groups is 1. The normalized spacial score (nSPS) is 14.6. The van der Waals surface area contributed by atoms with Crippen LogP contribution in [0.4, 0.5) is 19.3 Å². The highest BCUT2D eigenvalue weighted by Gasteiger charge is 2.30. The SMILES string of the molecule is Cn1cc(-c2cc3nc(C(C)(C)C)n(-c4cc(N5CCN(C(=O)OC(C)(C)C)CC5)c5c(c4)n(C)c(=O)n5C)c3cc2C(F)F)cn1. The van der Waals surface area contributed by atoms with Crippen molar-refractivity contribution in [2.45, 2.75) is 59.0 Å². The molecule has 0 aliphatic carbocycles. The van der Waals surface area contributed by atoms with Crippen molar-refractivity contribution >= 4 is 33.8 Å². The minimum absolute atomic E-state index is 0.112. The van der Waals surface area contributed by atoms with Gasteiger partial charge in [-0.05, 0) is 50.6 Å². The molecule has 47 heavy (non-hydrogen) atoms. The number of fused-ring (bicyclic) bond motifs is 2. The van der Waals surface area contributed by atoms with Crippen LogP contribution in [0.15, 0.2) is 41.5 Å². The number of piperazine rings is 1. The number of imidazole rings is 2. The van der Waals surface area contributed by atoms with Crippen molar-refractivity contribution in [3.05, 3.63) is 58.5 Å². The van der Waals surface area contributed by atoms with Gasteiger partial charge in [0.2, 0.25) is 0 Å². The standard InChI is InChI=1S/C34H42F2N8O3/c1-33(2,3)30-38-24-16-22(20-18-37-39(7)19-20)23(29(35)36)17-25(24)44(30)21-14-26-28(41(9)31(45)40(26)8)27(15-21)42-10-12-43(13-11-42)32(46)47-34(4,5)6/h14-19,29H,10-13H2,1-9H3. The first-order chi connectivity index (χ1) is 21.9. The third kappa shape index (κ3) is 5.76. The summed E-state index contributed by atoms with van der Waals surface area (Å²) in [6.07, 6.45) is 0.203. The minimum Gasteiger partial charge on any atom is -0.444 e. The lowest BCUT2D eigenvalue weighted by Crippen LogP contribution is -2.50. The van der Waals surface area contributed by atoms with E-state index in [-0.39, 0.29) is 17.3 Å². The summed E-state index contributed by atoms with van der Waals surface area (Å²) >= 11 is 0. The summed E-state index contributed by atoms with van der Waals surface area (Å²) in [7, 11) is 5.22. The number of halogens is 2. The van der Waals surface area contributed by atoms with E-state index in [2.05, 4.69) is 10.00 Å². The van der Waals surface area contributed by atoms with Crippen molar-refractivity contribution < 1.29 is 18.3 Å². The number of benzene rings is 2. The molecule has 1 fully saturated rings. The number of rotatable bonds is 4. The van der Waals surface area contributed by atoms with Crippen LogP contribution in [0.2, 0.25) is 0 Å². The zero-order chi connectivity index (χ0) is 34.2. The second-order valence-electron chi connectivity index (χ2n) is 14.3. The smallest absolute Gasteiger partial charge is 0.410 e. The molecule has 4 heterocycles. The average molecular weight is 649 g/mol. The van der Waals surface area contributed by atoms with Crippen molar-refractivity contribution in [1.29, 1.82) is 0 Å². The van der Waals surface area contributed by atoms with Gasteiger partial charge in [0.05, 0.1) is 39.6 Å². The molecule has 1 saturated heterocycles. The lowest BCUT2D eigenvalue weighted by molar-refractivity contribution is 0.0240. The summed E-state index contributed by atoms with van der Waals surface area (Å²) in [6, 6.07) is 7.16. The van der Waals surface area contributed by atoms with Crippen LogP contribution in [0.5, 0.6) is 0 Å². The Hall–Kier alpha value is -4.68. The van der Waals surface area contributed by atoms with E-state index in [1.165, 1.54) is 6.07 Å². The highest BCUT2D eigenvalue weighted by molar-refractivity contribution is 5.94. The molecule has 0 saturated carbocycles. The number of nitrogens with zero attached hydrogens (tertiary/aromatic N) is 8. The number of alkyl halides is 2. The van der Waals surface area contributed by atoms with Crippen molar-refractivity contribution in [3.63, 3.8) is 0 Å². The Morgan fingerprint density at radius 3 is 2.17 bits per heavy atom. The molecule has 3 aromatic heterocycles. The second-order valence-corrected chi connectivity index (χ2v) is 14.3. The lowest BCUT2D eigenvalue weighted by atomic mass is 9.95. The van der Waals surface area contributed by atoms with Crippen molar-refractivity contribution in [3.8, 4) is 16.8 Å². The fourth-order valence-electron chi connectivity index (χ4n) is 6.33. The molecule has 1 amide bonds. The number of hydrogen-bond donors (Lipinski definition) is 0. The summed E-state index contributed by atoms with van der Waals surface area (Å²) in [5.74, 6) is 0.692. The number of amides is 1. The highest BCUT2D eigenvalue weighted by Crippen LogP contribution is 2.39. The zero-order valence-electron chi connectivity index (χ0n) is 28.4. The van der Waals surface area contributed by atoms with E-state index in [4.69, 9.17) is 9.72 Å². The maximum absolute atomic E-state index is 14.7. The number of hydrogen-bond acceptors (Lipinski definition) is 6. The maximum atomic E-state index is 14.7. The monoisotopic (exact) mass is 648 g/mol. The molecule has 0 atom stereocenters. The fourth-order valence-corrected chi connectivity index (χ4v) is 6.33. The molecule has 0 N–H and O–H groups in total. The lowest BCUT2D eigenvalue weighted by Gasteiger charge is -2.37. The molecule has 1 aliphatic rings. The summed E-state index contributed by atoms with van der Waals surface area (Å²) in [4.78, 5) is 34.9. The van der Waals surface area contributed by atoms with Gasteiger partial charge in [-0.2, -0.15) is 5.10 Å². The van der Waals surface area contributed by atoms with Gasteiger partial charge in [-0.15, -0.1) is 0 Å². The van der Waals surface area contributed by atoms with E-state index >= 15 is 0 Å². The fraction of sp³-hybridized carbons (Fsp3) is 0.471. The second kappa shape index (κ2) is 11.2. The first-order valence-corrected chi connectivity index (χ1v) is 15.7. The number of ether oxygens (including phenoxy) is 1. The van der Waals surface area contributed by atoms with Crippen LogP contribution in [0, 0.1) is 0 Å². The van der Waals surface area contributed by atoms with Crippen LogP contribution < -0.4 is 10.6 Å². The van der Waals surface area contributed by atoms with E-state index in [1.54, 1.807) is 58.3 Å². The minimum atomic E-state index is -2.73. The van der Waals surface area contributed by atoms with Gasteiger partial charge in [0, 0.05) is 70.1 Å². The van der Waals surface area contributed by atoms with E-state index in [0.717, 1.165) is 11.2 Å². The Labute approximate surface area is 271 Å². The van der Waals surface area contributed by atoms with Crippen LogP contribution in [0.25, 0.3) is 38.9 Å². The highest BCUT2D eigenvalue weighted by atomic mass is 19.3. The van der Waals surface area contributed by atoms with Crippen LogP contribution >= 0.6 is 0 Å². The van der Waals surface area contributed by atoms with Gasteiger partial charge in [-0.1, -0.05) is 20.8 Å². The Balaban J connectivity index is 1.54. The first-order valence-electron chi connectivity index (χ1n) is 15.7. The van der Waals surface area contributed by atoms with Crippen LogP contribution in [0.1, 0.15) is 59.4 Å². The quantitative estimate of drug-likeness (QED) is 0.241. The predicted molar refractivity (Wildman–Crippen MR) is 179 cm³/mol. The number of anilines is 1. The first kappa shape index (κ1) is 32.3. The molecule has 0 unspecified atom stereocenters. The summed E-state index contributed by atoms with van der Waals surface area (Å²) in [5.41, 5.74) is 3.69. The topological polar surface area (TPSA) is 95.4 Å². The molecule has 0 spiro atoms. The van der Waals surface area contributed by atoms with E-state index in [9.17, 15) is 18.4 Å². The zero-order valence-corrected chi connectivity index (χ0v) is 28.4. The molecular formula is C34H42F2N8O3. The largest absolute Gasteiger partial charge is 0.444 e. The molecule has 0 radical (unpaired) electrons. The molecule has 2 aromatic carbocycles. The van der Waals surface area contributed by atoms with E-state index in [0.29, 0.717) is 65.4 Å². The number of aryl methyl sites for hydroxylation is 3.